The van der Waals surface area contributed by atoms with Crippen LogP contribution in [-0.4, -0.2) is 59.3 Å². The first-order valence-corrected chi connectivity index (χ1v) is 12.1. The highest BCUT2D eigenvalue weighted by atomic mass is 16.6. The Bertz CT molecular complexity index is 1170. The van der Waals surface area contributed by atoms with Crippen LogP contribution in [0.2, 0.25) is 0 Å². The summed E-state index contributed by atoms with van der Waals surface area (Å²) in [7, 11) is 1.51. The van der Waals surface area contributed by atoms with E-state index < -0.39 is 35.4 Å². The Hall–Kier alpha value is -3.88. The Balaban J connectivity index is 1.59. The molecule has 9 nitrogen and oxygen atoms in total. The van der Waals surface area contributed by atoms with E-state index in [0.29, 0.717) is 12.1 Å². The second-order valence-corrected chi connectivity index (χ2v) is 9.97. The van der Waals surface area contributed by atoms with Crippen LogP contribution in [0.3, 0.4) is 0 Å². The molecule has 36 heavy (non-hydrogen) atoms. The van der Waals surface area contributed by atoms with Crippen molar-refractivity contribution in [2.75, 3.05) is 18.9 Å². The number of rotatable bonds is 7. The molecule has 190 valence electrons. The van der Waals surface area contributed by atoms with Crippen molar-refractivity contribution >= 4 is 29.5 Å². The van der Waals surface area contributed by atoms with Gasteiger partial charge in [0.2, 0.25) is 17.7 Å². The lowest BCUT2D eigenvalue weighted by atomic mass is 9.79. The van der Waals surface area contributed by atoms with Gasteiger partial charge >= 0.3 is 6.09 Å². The number of amides is 4. The lowest BCUT2D eigenvalue weighted by Gasteiger charge is -2.33. The standard InChI is InChI=1S/C27H32N4O5/c1-17(2)13-21(30(3)26(35)36-15-18-9-5-4-6-10-18)24(33)31-16-27(14-22(31)23(28)32)19-11-7-8-12-20(19)29-25(27)34/h4-12,17,21-22H,13-16H2,1-3H3,(H2,28,32)(H,29,34)/t21-,22-,27-/m0/s1. The van der Waals surface area contributed by atoms with Crippen LogP contribution >= 0.6 is 0 Å². The molecule has 1 spiro atoms. The molecule has 0 unspecified atom stereocenters. The van der Waals surface area contributed by atoms with Crippen LogP contribution < -0.4 is 11.1 Å². The van der Waals surface area contributed by atoms with Gasteiger partial charge < -0.3 is 20.7 Å². The summed E-state index contributed by atoms with van der Waals surface area (Å²) in [6.07, 6.45) is -0.201. The molecule has 0 radical (unpaired) electrons. The Morgan fingerprint density at radius 1 is 1.14 bits per heavy atom. The summed E-state index contributed by atoms with van der Waals surface area (Å²) in [6, 6.07) is 14.7. The number of carbonyl (C=O) groups excluding carboxylic acids is 4. The van der Waals surface area contributed by atoms with E-state index >= 15 is 0 Å². The summed E-state index contributed by atoms with van der Waals surface area (Å²) in [5.41, 5.74) is 6.89. The first kappa shape index (κ1) is 25.2. The second kappa shape index (κ2) is 10.0. The summed E-state index contributed by atoms with van der Waals surface area (Å²) in [6.45, 7) is 3.96. The molecule has 0 bridgehead atoms. The molecule has 3 atom stereocenters. The van der Waals surface area contributed by atoms with E-state index in [-0.39, 0.29) is 31.4 Å². The van der Waals surface area contributed by atoms with Crippen molar-refractivity contribution in [3.05, 3.63) is 65.7 Å². The first-order valence-electron chi connectivity index (χ1n) is 12.1. The molecule has 2 aromatic carbocycles. The van der Waals surface area contributed by atoms with E-state index in [4.69, 9.17) is 10.5 Å². The van der Waals surface area contributed by atoms with Gasteiger partial charge in [0.15, 0.2) is 0 Å². The van der Waals surface area contributed by atoms with Gasteiger partial charge in [-0.2, -0.15) is 0 Å². The maximum atomic E-state index is 13.9. The van der Waals surface area contributed by atoms with Crippen LogP contribution in [0, 0.1) is 5.92 Å². The second-order valence-electron chi connectivity index (χ2n) is 9.97. The third-order valence-electron chi connectivity index (χ3n) is 7.04. The van der Waals surface area contributed by atoms with Gasteiger partial charge in [-0.1, -0.05) is 62.4 Å². The SMILES string of the molecule is CC(C)C[C@@H](C(=O)N1C[C@]2(C[C@H]1C(N)=O)C(=O)Nc1ccccc12)N(C)C(=O)OCc1ccccc1. The predicted octanol–water partition coefficient (Wildman–Crippen LogP) is 2.65. The number of hydrogen-bond donors (Lipinski definition) is 2. The molecule has 2 aliphatic rings. The van der Waals surface area contributed by atoms with E-state index in [1.54, 1.807) is 6.07 Å². The van der Waals surface area contributed by atoms with Gasteiger partial charge in [-0.05, 0) is 36.0 Å². The molecule has 3 N–H and O–H groups in total. The zero-order valence-electron chi connectivity index (χ0n) is 20.8. The Morgan fingerprint density at radius 3 is 2.47 bits per heavy atom. The number of nitrogens with two attached hydrogens (primary N) is 1. The number of anilines is 1. The number of benzene rings is 2. The van der Waals surface area contributed by atoms with Crippen LogP contribution in [0.5, 0.6) is 0 Å². The number of hydrogen-bond acceptors (Lipinski definition) is 5. The molecule has 0 saturated carbocycles. The average Bonchev–Trinajstić information content (AvgIpc) is 3.40. The van der Waals surface area contributed by atoms with E-state index in [9.17, 15) is 19.2 Å². The fourth-order valence-electron chi connectivity index (χ4n) is 5.14. The van der Waals surface area contributed by atoms with Crippen molar-refractivity contribution in [3.63, 3.8) is 0 Å². The van der Waals surface area contributed by atoms with Crippen LogP contribution in [0.15, 0.2) is 54.6 Å². The van der Waals surface area contributed by atoms with Crippen molar-refractivity contribution < 1.29 is 23.9 Å². The molecule has 2 aromatic rings. The van der Waals surface area contributed by atoms with Crippen LogP contribution in [0.1, 0.15) is 37.8 Å². The number of nitrogens with zero attached hydrogens (tertiary/aromatic N) is 2. The number of primary amides is 1. The molecule has 1 saturated heterocycles. The van der Waals surface area contributed by atoms with Gasteiger partial charge in [0, 0.05) is 19.3 Å². The third kappa shape index (κ3) is 4.65. The highest BCUT2D eigenvalue weighted by molar-refractivity contribution is 6.08. The average molecular weight is 493 g/mol. The minimum atomic E-state index is -1.07. The van der Waals surface area contributed by atoms with E-state index in [1.807, 2.05) is 62.4 Å². The van der Waals surface area contributed by atoms with Gasteiger partial charge in [-0.15, -0.1) is 0 Å². The molecular weight excluding hydrogens is 460 g/mol. The van der Waals surface area contributed by atoms with Crippen molar-refractivity contribution in [1.82, 2.24) is 9.80 Å². The molecule has 1 fully saturated rings. The fraction of sp³-hybridized carbons (Fsp3) is 0.407. The number of carbonyl (C=O) groups is 4. The number of ether oxygens (including phenoxy) is 1. The molecule has 2 aliphatic heterocycles. The minimum Gasteiger partial charge on any atom is -0.445 e. The third-order valence-corrected chi connectivity index (χ3v) is 7.04. The van der Waals surface area contributed by atoms with Gasteiger partial charge in [0.25, 0.3) is 0 Å². The molecule has 0 aromatic heterocycles. The van der Waals surface area contributed by atoms with E-state index in [2.05, 4.69) is 5.32 Å². The molecule has 9 heteroatoms. The number of likely N-dealkylation sites (tertiary alicyclic amines) is 1. The van der Waals surface area contributed by atoms with Gasteiger partial charge in [0.1, 0.15) is 18.7 Å². The van der Waals surface area contributed by atoms with Crippen molar-refractivity contribution in [3.8, 4) is 0 Å². The van der Waals surface area contributed by atoms with Gasteiger partial charge in [-0.3, -0.25) is 19.3 Å². The fourth-order valence-corrected chi connectivity index (χ4v) is 5.14. The Kier molecular flexibility index (Phi) is 7.01. The van der Waals surface area contributed by atoms with Crippen molar-refractivity contribution in [2.45, 2.75) is 50.8 Å². The monoisotopic (exact) mass is 492 g/mol. The molecule has 4 rings (SSSR count). The van der Waals surface area contributed by atoms with Crippen LogP contribution in [0.4, 0.5) is 10.5 Å². The normalized spacial score (nSPS) is 21.3. The topological polar surface area (TPSA) is 122 Å². The summed E-state index contributed by atoms with van der Waals surface area (Å²) >= 11 is 0. The summed E-state index contributed by atoms with van der Waals surface area (Å²) in [5, 5.41) is 2.87. The molecule has 4 amide bonds. The number of fused-ring (bicyclic) bond motifs is 2. The van der Waals surface area contributed by atoms with Gasteiger partial charge in [0.05, 0.1) is 5.41 Å². The number of para-hydroxylation sites is 1. The molecule has 2 heterocycles. The van der Waals surface area contributed by atoms with E-state index in [1.165, 1.54) is 16.8 Å². The maximum Gasteiger partial charge on any atom is 0.410 e. The Morgan fingerprint density at radius 2 is 1.81 bits per heavy atom. The highest BCUT2D eigenvalue weighted by Gasteiger charge is 2.57. The van der Waals surface area contributed by atoms with Crippen LogP contribution in [-0.2, 0) is 31.1 Å². The van der Waals surface area contributed by atoms with Crippen molar-refractivity contribution in [2.24, 2.45) is 11.7 Å². The Labute approximate surface area is 210 Å². The van der Waals surface area contributed by atoms with E-state index in [0.717, 1.165) is 11.1 Å². The number of nitrogens with one attached hydrogen (secondary N) is 1. The maximum absolute atomic E-state index is 13.9. The summed E-state index contributed by atoms with van der Waals surface area (Å²) in [4.78, 5) is 55.1. The zero-order valence-corrected chi connectivity index (χ0v) is 20.8. The number of likely N-dealkylation sites (N-methyl/N-ethyl adjacent to an activating group) is 1. The minimum absolute atomic E-state index is 0.00375. The quantitative estimate of drug-likeness (QED) is 0.615. The van der Waals surface area contributed by atoms with Gasteiger partial charge in [-0.25, -0.2) is 4.79 Å². The molecule has 0 aliphatic carbocycles. The summed E-state index contributed by atoms with van der Waals surface area (Å²) < 4.78 is 5.46. The lowest BCUT2D eigenvalue weighted by molar-refractivity contribution is -0.141. The smallest absolute Gasteiger partial charge is 0.410 e. The molecular formula is C27H32N4O5. The zero-order chi connectivity index (χ0) is 26.0. The first-order chi connectivity index (χ1) is 17.1. The largest absolute Gasteiger partial charge is 0.445 e. The lowest BCUT2D eigenvalue weighted by Crippen LogP contribution is -2.54. The highest BCUT2D eigenvalue weighted by Crippen LogP contribution is 2.46. The summed E-state index contributed by atoms with van der Waals surface area (Å²) in [5.74, 6) is -1.31. The van der Waals surface area contributed by atoms with Crippen LogP contribution in [0.25, 0.3) is 0 Å². The predicted molar refractivity (Wildman–Crippen MR) is 134 cm³/mol. The van der Waals surface area contributed by atoms with Crippen molar-refractivity contribution in [1.29, 1.82) is 0 Å².